The van der Waals surface area contributed by atoms with Gasteiger partial charge < -0.3 is 24.7 Å². The van der Waals surface area contributed by atoms with E-state index in [0.29, 0.717) is 11.3 Å². The summed E-state index contributed by atoms with van der Waals surface area (Å²) in [5.41, 5.74) is 2.23. The van der Waals surface area contributed by atoms with Crippen LogP contribution in [-0.4, -0.2) is 33.7 Å². The van der Waals surface area contributed by atoms with Crippen LogP contribution in [-0.2, 0) is 6.61 Å². The summed E-state index contributed by atoms with van der Waals surface area (Å²) >= 11 is 0. The second kappa shape index (κ2) is 10.1. The number of nitro benzene ring substituents is 1. The lowest BCUT2D eigenvalue weighted by atomic mass is 10.0. The quantitative estimate of drug-likeness (QED) is 0.343. The predicted molar refractivity (Wildman–Crippen MR) is 115 cm³/mol. The van der Waals surface area contributed by atoms with Crippen molar-refractivity contribution in [3.05, 3.63) is 92.9 Å². The summed E-state index contributed by atoms with van der Waals surface area (Å²) in [6.07, 6.45) is -1.27. The van der Waals surface area contributed by atoms with Crippen LogP contribution in [0.4, 0.5) is 5.69 Å². The molecule has 1 amide bonds. The molecule has 0 aliphatic rings. The molecule has 0 bridgehead atoms. The number of benzene rings is 2. The number of aryl methyl sites for hydroxylation is 2. The van der Waals surface area contributed by atoms with Gasteiger partial charge in [-0.05, 0) is 60.9 Å². The molecule has 2 atom stereocenters. The van der Waals surface area contributed by atoms with Crippen LogP contribution in [0.1, 0.15) is 39.1 Å². The Labute approximate surface area is 184 Å². The number of nitrogens with zero attached hydrogens (tertiary/aromatic N) is 1. The third-order valence-corrected chi connectivity index (χ3v) is 4.94. The molecule has 0 saturated heterocycles. The van der Waals surface area contributed by atoms with E-state index in [1.54, 1.807) is 6.07 Å². The first-order valence-corrected chi connectivity index (χ1v) is 9.91. The number of nitrogens with one attached hydrogen (secondary N) is 1. The van der Waals surface area contributed by atoms with E-state index in [1.165, 1.54) is 30.3 Å². The molecule has 3 rings (SSSR count). The maximum atomic E-state index is 12.5. The molecule has 0 radical (unpaired) electrons. The molecule has 3 N–H and O–H groups in total. The second-order valence-electron chi connectivity index (χ2n) is 7.38. The number of carbonyl (C=O) groups excluding carboxylic acids is 1. The predicted octanol–water partition coefficient (Wildman–Crippen LogP) is 3.21. The molecule has 0 fully saturated rings. The van der Waals surface area contributed by atoms with E-state index < -0.39 is 29.6 Å². The molecular formula is C23H24N2O7. The van der Waals surface area contributed by atoms with E-state index in [0.717, 1.165) is 16.9 Å². The van der Waals surface area contributed by atoms with E-state index in [1.807, 2.05) is 32.0 Å². The van der Waals surface area contributed by atoms with Crippen molar-refractivity contribution in [3.8, 4) is 5.75 Å². The fourth-order valence-electron chi connectivity index (χ4n) is 3.08. The summed E-state index contributed by atoms with van der Waals surface area (Å²) in [4.78, 5) is 22.7. The average molecular weight is 440 g/mol. The number of rotatable bonds is 9. The van der Waals surface area contributed by atoms with Gasteiger partial charge in [0, 0.05) is 12.1 Å². The van der Waals surface area contributed by atoms with Gasteiger partial charge in [0.05, 0.1) is 17.6 Å². The monoisotopic (exact) mass is 440 g/mol. The number of nitro groups is 1. The van der Waals surface area contributed by atoms with E-state index in [4.69, 9.17) is 9.15 Å². The van der Waals surface area contributed by atoms with Crippen molar-refractivity contribution in [3.63, 3.8) is 0 Å². The number of hydrogen-bond donors (Lipinski definition) is 3. The third-order valence-electron chi connectivity index (χ3n) is 4.94. The Bertz CT molecular complexity index is 1090. The maximum absolute atomic E-state index is 12.5. The molecule has 2 unspecified atom stereocenters. The Kier molecular flexibility index (Phi) is 7.24. The zero-order valence-corrected chi connectivity index (χ0v) is 17.6. The summed E-state index contributed by atoms with van der Waals surface area (Å²) in [5, 5.41) is 33.4. The number of carbonyl (C=O) groups is 1. The van der Waals surface area contributed by atoms with Crippen molar-refractivity contribution in [2.24, 2.45) is 0 Å². The molecule has 9 heteroatoms. The van der Waals surface area contributed by atoms with E-state index in [9.17, 15) is 25.1 Å². The van der Waals surface area contributed by atoms with Crippen molar-refractivity contribution in [1.29, 1.82) is 0 Å². The first-order valence-electron chi connectivity index (χ1n) is 9.91. The van der Waals surface area contributed by atoms with Gasteiger partial charge in [0.25, 0.3) is 11.6 Å². The summed E-state index contributed by atoms with van der Waals surface area (Å²) in [6, 6.07) is 13.1. The zero-order valence-electron chi connectivity index (χ0n) is 17.6. The largest absolute Gasteiger partial charge is 0.485 e. The van der Waals surface area contributed by atoms with Gasteiger partial charge in [0.15, 0.2) is 5.76 Å². The Hall–Kier alpha value is -3.69. The number of non-ortho nitro benzene ring substituents is 1. The normalized spacial score (nSPS) is 12.8. The number of furan rings is 1. The van der Waals surface area contributed by atoms with Crippen LogP contribution in [0.2, 0.25) is 0 Å². The molecule has 1 heterocycles. The fraction of sp³-hybridized carbons (Fsp3) is 0.261. The van der Waals surface area contributed by atoms with E-state index >= 15 is 0 Å². The Morgan fingerprint density at radius 2 is 1.88 bits per heavy atom. The van der Waals surface area contributed by atoms with Crippen molar-refractivity contribution in [2.45, 2.75) is 32.6 Å². The van der Waals surface area contributed by atoms with Crippen LogP contribution in [0.15, 0.2) is 59.0 Å². The topological polar surface area (TPSA) is 135 Å². The molecular weight excluding hydrogens is 416 g/mol. The highest BCUT2D eigenvalue weighted by atomic mass is 16.6. The Morgan fingerprint density at radius 1 is 1.16 bits per heavy atom. The van der Waals surface area contributed by atoms with E-state index in [2.05, 4.69) is 5.32 Å². The molecule has 0 spiro atoms. The lowest BCUT2D eigenvalue weighted by Crippen LogP contribution is -2.41. The first-order chi connectivity index (χ1) is 15.3. The van der Waals surface area contributed by atoms with Crippen LogP contribution >= 0.6 is 0 Å². The van der Waals surface area contributed by atoms with Gasteiger partial charge in [-0.25, -0.2) is 0 Å². The zero-order chi connectivity index (χ0) is 23.3. The molecule has 9 nitrogen and oxygen atoms in total. The highest BCUT2D eigenvalue weighted by Gasteiger charge is 2.24. The molecule has 0 aliphatic heterocycles. The number of amides is 1. The second-order valence-corrected chi connectivity index (χ2v) is 7.38. The molecule has 3 aromatic rings. The van der Waals surface area contributed by atoms with Gasteiger partial charge in [-0.2, -0.15) is 0 Å². The summed E-state index contributed by atoms with van der Waals surface area (Å²) in [5.74, 6) is 0.536. The van der Waals surface area contributed by atoms with Gasteiger partial charge in [0.2, 0.25) is 0 Å². The number of hydrogen-bond acceptors (Lipinski definition) is 7. The SMILES string of the molecule is Cc1ccc(C)c(OCc2ccc(C(=O)NC(CO)C(O)c3ccc([N+](=O)[O-])cc3)o2)c1. The van der Waals surface area contributed by atoms with Crippen LogP contribution in [0, 0.1) is 24.0 Å². The van der Waals surface area contributed by atoms with Crippen LogP contribution in [0.3, 0.4) is 0 Å². The van der Waals surface area contributed by atoms with Gasteiger partial charge in [-0.3, -0.25) is 14.9 Å². The molecule has 0 saturated carbocycles. The molecule has 168 valence electrons. The maximum Gasteiger partial charge on any atom is 0.287 e. The highest BCUT2D eigenvalue weighted by molar-refractivity contribution is 5.91. The van der Waals surface area contributed by atoms with Gasteiger partial charge >= 0.3 is 0 Å². The summed E-state index contributed by atoms with van der Waals surface area (Å²) < 4.78 is 11.3. The summed E-state index contributed by atoms with van der Waals surface area (Å²) in [6.45, 7) is 3.48. The molecule has 2 aromatic carbocycles. The molecule has 32 heavy (non-hydrogen) atoms. The fourth-order valence-corrected chi connectivity index (χ4v) is 3.08. The van der Waals surface area contributed by atoms with Gasteiger partial charge in [0.1, 0.15) is 24.2 Å². The molecule has 1 aromatic heterocycles. The molecule has 0 aliphatic carbocycles. The lowest BCUT2D eigenvalue weighted by molar-refractivity contribution is -0.384. The Balaban J connectivity index is 1.62. The van der Waals surface area contributed by atoms with Gasteiger partial charge in [-0.15, -0.1) is 0 Å². The van der Waals surface area contributed by atoms with Gasteiger partial charge in [-0.1, -0.05) is 12.1 Å². The highest BCUT2D eigenvalue weighted by Crippen LogP contribution is 2.22. The van der Waals surface area contributed by atoms with Crippen molar-refractivity contribution < 1.29 is 29.1 Å². The smallest absolute Gasteiger partial charge is 0.287 e. The number of aliphatic hydroxyl groups is 2. The third kappa shape index (κ3) is 5.51. The first kappa shape index (κ1) is 23.0. The minimum Gasteiger partial charge on any atom is -0.485 e. The van der Waals surface area contributed by atoms with Crippen molar-refractivity contribution in [1.82, 2.24) is 5.32 Å². The minimum atomic E-state index is -1.27. The average Bonchev–Trinajstić information content (AvgIpc) is 3.26. The van der Waals surface area contributed by atoms with E-state index in [-0.39, 0.29) is 18.1 Å². The lowest BCUT2D eigenvalue weighted by Gasteiger charge is -2.22. The Morgan fingerprint density at radius 3 is 2.53 bits per heavy atom. The van der Waals surface area contributed by atoms with Crippen molar-refractivity contribution >= 4 is 11.6 Å². The summed E-state index contributed by atoms with van der Waals surface area (Å²) in [7, 11) is 0. The van der Waals surface area contributed by atoms with Crippen LogP contribution in [0.5, 0.6) is 5.75 Å². The minimum absolute atomic E-state index is 0.00101. The number of aliphatic hydroxyl groups excluding tert-OH is 2. The van der Waals surface area contributed by atoms with Crippen LogP contribution < -0.4 is 10.1 Å². The number of ether oxygens (including phenoxy) is 1. The van der Waals surface area contributed by atoms with Crippen LogP contribution in [0.25, 0.3) is 0 Å². The van der Waals surface area contributed by atoms with Crippen molar-refractivity contribution in [2.75, 3.05) is 6.61 Å². The standard InChI is InChI=1S/C23H24N2O7/c1-14-3-4-15(2)21(11-14)31-13-18-9-10-20(32-18)23(28)24-19(12-26)22(27)16-5-7-17(8-6-16)25(29)30/h3-11,19,22,26-27H,12-13H2,1-2H3,(H,24,28).